The average molecular weight is 650 g/mol. The number of alkyl halides is 3. The molecule has 7 nitrogen and oxygen atoms in total. The molecule has 4 aromatic rings. The SMILES string of the molecule is CCCc1ccc(C)cc1N1CCCSC1=NC(=O)CCCC(C)c1ccc(-c2ncn(-c3ccc(OC(F)(F)F)cc3)n2)cc1. The van der Waals surface area contributed by atoms with Gasteiger partial charge in [0.15, 0.2) is 11.0 Å². The van der Waals surface area contributed by atoms with Crippen LogP contribution < -0.4 is 9.64 Å². The van der Waals surface area contributed by atoms with Crippen LogP contribution in [-0.4, -0.2) is 44.5 Å². The van der Waals surface area contributed by atoms with Crippen molar-refractivity contribution in [2.75, 3.05) is 17.2 Å². The molecular formula is C35H38F3N5O2S. The van der Waals surface area contributed by atoms with Crippen molar-refractivity contribution in [3.05, 3.63) is 89.7 Å². The van der Waals surface area contributed by atoms with Crippen LogP contribution in [0.4, 0.5) is 18.9 Å². The highest BCUT2D eigenvalue weighted by Gasteiger charge is 2.31. The first-order valence-corrected chi connectivity index (χ1v) is 16.6. The molecule has 0 spiro atoms. The number of rotatable bonds is 11. The first kappa shape index (κ1) is 33.2. The summed E-state index contributed by atoms with van der Waals surface area (Å²) in [5.41, 5.74) is 6.21. The third kappa shape index (κ3) is 8.78. The van der Waals surface area contributed by atoms with E-state index in [1.165, 1.54) is 52.1 Å². The molecule has 1 atom stereocenters. The van der Waals surface area contributed by atoms with Gasteiger partial charge in [0.25, 0.3) is 0 Å². The second-order valence-electron chi connectivity index (χ2n) is 11.5. The van der Waals surface area contributed by atoms with Gasteiger partial charge in [-0.3, -0.25) is 4.79 Å². The molecule has 46 heavy (non-hydrogen) atoms. The number of anilines is 1. The molecule has 1 saturated heterocycles. The molecule has 0 N–H and O–H groups in total. The minimum absolute atomic E-state index is 0.0779. The molecule has 2 heterocycles. The molecule has 0 radical (unpaired) electrons. The predicted molar refractivity (Wildman–Crippen MR) is 178 cm³/mol. The maximum atomic E-state index is 13.0. The van der Waals surface area contributed by atoms with Gasteiger partial charge in [-0.05, 0) is 85.5 Å². The van der Waals surface area contributed by atoms with E-state index >= 15 is 0 Å². The highest BCUT2D eigenvalue weighted by Crippen LogP contribution is 2.31. The van der Waals surface area contributed by atoms with E-state index < -0.39 is 6.36 Å². The van der Waals surface area contributed by atoms with Crippen molar-refractivity contribution in [3.63, 3.8) is 0 Å². The number of aliphatic imine (C=N–C) groups is 1. The molecule has 1 fully saturated rings. The fourth-order valence-electron chi connectivity index (χ4n) is 5.45. The van der Waals surface area contributed by atoms with Gasteiger partial charge in [0.2, 0.25) is 5.91 Å². The van der Waals surface area contributed by atoms with Gasteiger partial charge in [-0.15, -0.1) is 18.3 Å². The van der Waals surface area contributed by atoms with Gasteiger partial charge in [-0.2, -0.15) is 4.99 Å². The quantitative estimate of drug-likeness (QED) is 0.162. The second-order valence-corrected chi connectivity index (χ2v) is 12.6. The fourth-order valence-corrected chi connectivity index (χ4v) is 6.42. The summed E-state index contributed by atoms with van der Waals surface area (Å²) in [6, 6.07) is 20.0. The minimum Gasteiger partial charge on any atom is -0.406 e. The maximum Gasteiger partial charge on any atom is 0.573 e. The van der Waals surface area contributed by atoms with Crippen LogP contribution in [0.2, 0.25) is 0 Å². The number of thioether (sulfide) groups is 1. The van der Waals surface area contributed by atoms with Gasteiger partial charge in [0, 0.05) is 30.0 Å². The molecule has 0 bridgehead atoms. The van der Waals surface area contributed by atoms with Crippen LogP contribution in [0.1, 0.15) is 68.6 Å². The summed E-state index contributed by atoms with van der Waals surface area (Å²) >= 11 is 1.67. The van der Waals surface area contributed by atoms with Gasteiger partial charge < -0.3 is 9.64 Å². The zero-order valence-corrected chi connectivity index (χ0v) is 27.1. The van der Waals surface area contributed by atoms with Crippen LogP contribution in [0.3, 0.4) is 0 Å². The minimum atomic E-state index is -4.74. The largest absolute Gasteiger partial charge is 0.573 e. The number of amides is 1. The van der Waals surface area contributed by atoms with E-state index in [4.69, 9.17) is 0 Å². The fraction of sp³-hybridized carbons (Fsp3) is 0.371. The van der Waals surface area contributed by atoms with Gasteiger partial charge in [0.1, 0.15) is 12.1 Å². The number of nitrogens with zero attached hydrogens (tertiary/aromatic N) is 5. The summed E-state index contributed by atoms with van der Waals surface area (Å²) in [6.07, 6.45) is 1.90. The predicted octanol–water partition coefficient (Wildman–Crippen LogP) is 8.89. The topological polar surface area (TPSA) is 72.6 Å². The summed E-state index contributed by atoms with van der Waals surface area (Å²) in [4.78, 5) is 24.1. The number of aryl methyl sites for hydroxylation is 2. The normalized spacial score (nSPS) is 15.3. The van der Waals surface area contributed by atoms with Crippen LogP contribution in [0, 0.1) is 6.92 Å². The Morgan fingerprint density at radius 3 is 2.57 bits per heavy atom. The highest BCUT2D eigenvalue weighted by molar-refractivity contribution is 8.14. The zero-order chi connectivity index (χ0) is 32.7. The molecule has 1 unspecified atom stereocenters. The van der Waals surface area contributed by atoms with E-state index in [1.54, 1.807) is 11.8 Å². The Bertz CT molecular complexity index is 1650. The first-order chi connectivity index (χ1) is 22.1. The Hall–Kier alpha value is -4.12. The highest BCUT2D eigenvalue weighted by atomic mass is 32.2. The number of aromatic nitrogens is 3. The summed E-state index contributed by atoms with van der Waals surface area (Å²) in [5, 5.41) is 5.29. The van der Waals surface area contributed by atoms with Crippen molar-refractivity contribution in [1.29, 1.82) is 0 Å². The Morgan fingerprint density at radius 1 is 1.09 bits per heavy atom. The molecule has 242 valence electrons. The van der Waals surface area contributed by atoms with Crippen molar-refractivity contribution < 1.29 is 22.7 Å². The van der Waals surface area contributed by atoms with Crippen molar-refractivity contribution >= 4 is 28.5 Å². The summed E-state index contributed by atoms with van der Waals surface area (Å²) in [5.74, 6) is 1.34. The van der Waals surface area contributed by atoms with Gasteiger partial charge in [-0.25, -0.2) is 9.67 Å². The van der Waals surface area contributed by atoms with Crippen LogP contribution in [-0.2, 0) is 11.2 Å². The Labute approximate surface area is 271 Å². The van der Waals surface area contributed by atoms with Crippen LogP contribution in [0.25, 0.3) is 17.1 Å². The van der Waals surface area contributed by atoms with Gasteiger partial charge >= 0.3 is 6.36 Å². The molecule has 1 aromatic heterocycles. The molecule has 1 aliphatic heterocycles. The molecule has 11 heteroatoms. The standard InChI is InChI=1S/C35H38F3N5O2S/c1-4-7-27-11-10-24(2)22-31(27)42-20-6-21-46-34(42)40-32(44)9-5-8-25(3)26-12-14-28(15-13-26)33-39-23-43(41-33)29-16-18-30(19-17-29)45-35(36,37)38/h10-19,22-23,25H,4-9,20-21H2,1-3H3. The Morgan fingerprint density at radius 2 is 1.85 bits per heavy atom. The molecule has 0 aliphatic carbocycles. The number of halogens is 3. The lowest BCUT2D eigenvalue weighted by atomic mass is 9.94. The maximum absolute atomic E-state index is 13.0. The van der Waals surface area contributed by atoms with E-state index in [0.29, 0.717) is 17.9 Å². The van der Waals surface area contributed by atoms with Gasteiger partial charge in [-0.1, -0.05) is 68.4 Å². The van der Waals surface area contributed by atoms with E-state index in [2.05, 4.69) is 63.7 Å². The van der Waals surface area contributed by atoms with Crippen molar-refractivity contribution in [3.8, 4) is 22.8 Å². The molecule has 1 amide bonds. The smallest absolute Gasteiger partial charge is 0.406 e. The lowest BCUT2D eigenvalue weighted by Crippen LogP contribution is -2.35. The van der Waals surface area contributed by atoms with Gasteiger partial charge in [0.05, 0.1) is 5.69 Å². The Kier molecular flexibility index (Phi) is 10.8. The van der Waals surface area contributed by atoms with E-state index in [0.717, 1.165) is 60.7 Å². The van der Waals surface area contributed by atoms with Crippen LogP contribution in [0.15, 0.2) is 78.0 Å². The summed E-state index contributed by atoms with van der Waals surface area (Å²) in [7, 11) is 0. The number of hydrogen-bond donors (Lipinski definition) is 0. The van der Waals surface area contributed by atoms with Crippen molar-refractivity contribution in [1.82, 2.24) is 14.8 Å². The van der Waals surface area contributed by atoms with Crippen molar-refractivity contribution in [2.24, 2.45) is 4.99 Å². The zero-order valence-electron chi connectivity index (χ0n) is 26.3. The number of ether oxygens (including phenoxy) is 1. The average Bonchev–Trinajstić information content (AvgIpc) is 3.52. The third-order valence-electron chi connectivity index (χ3n) is 7.85. The molecule has 1 aliphatic rings. The third-order valence-corrected chi connectivity index (χ3v) is 8.91. The monoisotopic (exact) mass is 649 g/mol. The number of carbonyl (C=O) groups is 1. The Balaban J connectivity index is 1.15. The van der Waals surface area contributed by atoms with Crippen molar-refractivity contribution in [2.45, 2.75) is 71.6 Å². The second kappa shape index (κ2) is 15.0. The van der Waals surface area contributed by atoms with E-state index in [1.807, 2.05) is 24.3 Å². The first-order valence-electron chi connectivity index (χ1n) is 15.6. The molecular weight excluding hydrogens is 611 g/mol. The number of hydrogen-bond acceptors (Lipinski definition) is 5. The summed E-state index contributed by atoms with van der Waals surface area (Å²) in [6.45, 7) is 7.30. The van der Waals surface area contributed by atoms with E-state index in [9.17, 15) is 18.0 Å². The van der Waals surface area contributed by atoms with Crippen LogP contribution >= 0.6 is 11.8 Å². The lowest BCUT2D eigenvalue weighted by molar-refractivity contribution is -0.274. The number of benzene rings is 3. The molecule has 0 saturated carbocycles. The molecule has 3 aromatic carbocycles. The molecule has 5 rings (SSSR count). The van der Waals surface area contributed by atoms with Crippen LogP contribution in [0.5, 0.6) is 5.75 Å². The lowest BCUT2D eigenvalue weighted by Gasteiger charge is -2.31. The number of amidine groups is 1. The number of carbonyl (C=O) groups excluding carboxylic acids is 1. The van der Waals surface area contributed by atoms with E-state index in [-0.39, 0.29) is 17.6 Å². The summed E-state index contributed by atoms with van der Waals surface area (Å²) < 4.78 is 42.7.